The second kappa shape index (κ2) is 9.38. The maximum absolute atomic E-state index is 13.6. The summed E-state index contributed by atoms with van der Waals surface area (Å²) in [6, 6.07) is 7.86. The smallest absolute Gasteiger partial charge is 0.280 e. The molecule has 1 aromatic heterocycles. The molecule has 9 heteroatoms. The van der Waals surface area contributed by atoms with Gasteiger partial charge < -0.3 is 4.74 Å². The van der Waals surface area contributed by atoms with Gasteiger partial charge in [-0.3, -0.25) is 19.5 Å². The van der Waals surface area contributed by atoms with Crippen LogP contribution in [0.4, 0.5) is 0 Å². The summed E-state index contributed by atoms with van der Waals surface area (Å²) in [7, 11) is -2.45. The SMILES string of the molecule is COc1ccc(CN2C(=O)c3cccnc3C2=O)cc1S(=O)(=O)N(CC(C)C)CC(C)C. The van der Waals surface area contributed by atoms with E-state index in [0.29, 0.717) is 18.7 Å². The summed E-state index contributed by atoms with van der Waals surface area (Å²) in [5.74, 6) is -0.436. The number of carbonyl (C=O) groups is 2. The molecular formula is C23H29N3O5S. The van der Waals surface area contributed by atoms with Gasteiger partial charge in [0.05, 0.1) is 19.2 Å². The molecular weight excluding hydrogens is 430 g/mol. The van der Waals surface area contributed by atoms with Crippen LogP contribution in [0.5, 0.6) is 5.75 Å². The zero-order chi connectivity index (χ0) is 23.6. The minimum Gasteiger partial charge on any atom is -0.495 e. The average molecular weight is 460 g/mol. The summed E-state index contributed by atoms with van der Waals surface area (Å²) in [6.45, 7) is 8.55. The van der Waals surface area contributed by atoms with Gasteiger partial charge in [0.2, 0.25) is 10.0 Å². The van der Waals surface area contributed by atoms with Gasteiger partial charge in [0, 0.05) is 19.3 Å². The van der Waals surface area contributed by atoms with Gasteiger partial charge in [0.1, 0.15) is 16.3 Å². The highest BCUT2D eigenvalue weighted by atomic mass is 32.2. The first kappa shape index (κ1) is 23.9. The molecule has 2 heterocycles. The van der Waals surface area contributed by atoms with E-state index in [-0.39, 0.29) is 40.3 Å². The van der Waals surface area contributed by atoms with Crippen LogP contribution >= 0.6 is 0 Å². The summed E-state index contributed by atoms with van der Waals surface area (Å²) in [5.41, 5.74) is 0.866. The predicted molar refractivity (Wildman–Crippen MR) is 120 cm³/mol. The Morgan fingerprint density at radius 2 is 1.69 bits per heavy atom. The molecule has 0 saturated carbocycles. The normalized spacial score (nSPS) is 14.1. The molecule has 1 aliphatic heterocycles. The van der Waals surface area contributed by atoms with E-state index in [1.165, 1.54) is 23.7 Å². The maximum Gasteiger partial charge on any atom is 0.280 e. The molecule has 0 bridgehead atoms. The fourth-order valence-corrected chi connectivity index (χ4v) is 5.66. The lowest BCUT2D eigenvalue weighted by Crippen LogP contribution is -2.37. The molecule has 2 aromatic rings. The number of aromatic nitrogens is 1. The van der Waals surface area contributed by atoms with E-state index < -0.39 is 21.8 Å². The fourth-order valence-electron chi connectivity index (χ4n) is 3.69. The average Bonchev–Trinajstić information content (AvgIpc) is 2.97. The van der Waals surface area contributed by atoms with Crippen LogP contribution in [0, 0.1) is 11.8 Å². The van der Waals surface area contributed by atoms with Crippen molar-refractivity contribution >= 4 is 21.8 Å². The molecule has 0 saturated heterocycles. The standard InChI is InChI=1S/C23H29N3O5S/c1-15(2)12-25(13-16(3)4)32(29,30)20-11-17(8-9-19(20)31-5)14-26-22(27)18-7-6-10-24-21(18)23(26)28/h6-11,15-16H,12-14H2,1-5H3. The quantitative estimate of drug-likeness (QED) is 0.534. The molecule has 172 valence electrons. The highest BCUT2D eigenvalue weighted by molar-refractivity contribution is 7.89. The van der Waals surface area contributed by atoms with Gasteiger partial charge in [-0.15, -0.1) is 0 Å². The van der Waals surface area contributed by atoms with E-state index in [0.717, 1.165) is 4.90 Å². The van der Waals surface area contributed by atoms with Crippen LogP contribution in [0.3, 0.4) is 0 Å². The van der Waals surface area contributed by atoms with Crippen LogP contribution in [-0.2, 0) is 16.6 Å². The molecule has 0 unspecified atom stereocenters. The number of hydrogen-bond donors (Lipinski definition) is 0. The van der Waals surface area contributed by atoms with Crippen molar-refractivity contribution in [3.8, 4) is 5.75 Å². The summed E-state index contributed by atoms with van der Waals surface area (Å²) in [4.78, 5) is 30.5. The van der Waals surface area contributed by atoms with Crippen LogP contribution in [0.25, 0.3) is 0 Å². The Balaban J connectivity index is 1.97. The monoisotopic (exact) mass is 459 g/mol. The topological polar surface area (TPSA) is 96.9 Å². The number of carbonyl (C=O) groups excluding carboxylic acids is 2. The Kier molecular flexibility index (Phi) is 7.00. The highest BCUT2D eigenvalue weighted by Gasteiger charge is 2.37. The van der Waals surface area contributed by atoms with Gasteiger partial charge >= 0.3 is 0 Å². The number of ether oxygens (including phenoxy) is 1. The van der Waals surface area contributed by atoms with Crippen molar-refractivity contribution in [3.63, 3.8) is 0 Å². The first-order chi connectivity index (χ1) is 15.1. The van der Waals surface area contributed by atoms with Gasteiger partial charge in [-0.05, 0) is 41.7 Å². The van der Waals surface area contributed by atoms with Crippen molar-refractivity contribution in [2.75, 3.05) is 20.2 Å². The van der Waals surface area contributed by atoms with E-state index in [1.807, 2.05) is 27.7 Å². The Hall–Kier alpha value is -2.78. The summed E-state index contributed by atoms with van der Waals surface area (Å²) >= 11 is 0. The molecule has 0 N–H and O–H groups in total. The minimum absolute atomic E-state index is 0.0218. The Morgan fingerprint density at radius 1 is 1.03 bits per heavy atom. The molecule has 3 rings (SSSR count). The van der Waals surface area contributed by atoms with Crippen molar-refractivity contribution in [2.45, 2.75) is 39.1 Å². The molecule has 0 fully saturated rings. The predicted octanol–water partition coefficient (Wildman–Crippen LogP) is 3.19. The second-order valence-corrected chi connectivity index (χ2v) is 10.6. The van der Waals surface area contributed by atoms with Crippen LogP contribution in [0.1, 0.15) is 54.1 Å². The summed E-state index contributed by atoms with van der Waals surface area (Å²) < 4.78 is 34.0. The number of sulfonamides is 1. The molecule has 32 heavy (non-hydrogen) atoms. The Morgan fingerprint density at radius 3 is 2.25 bits per heavy atom. The number of nitrogens with zero attached hydrogens (tertiary/aromatic N) is 3. The van der Waals surface area contributed by atoms with Crippen molar-refractivity contribution in [1.82, 2.24) is 14.2 Å². The second-order valence-electron chi connectivity index (χ2n) is 8.69. The minimum atomic E-state index is -3.86. The van der Waals surface area contributed by atoms with Crippen molar-refractivity contribution in [3.05, 3.63) is 53.3 Å². The van der Waals surface area contributed by atoms with Crippen LogP contribution in [-0.4, -0.2) is 54.6 Å². The van der Waals surface area contributed by atoms with Gasteiger partial charge in [-0.25, -0.2) is 8.42 Å². The molecule has 1 aromatic carbocycles. The number of methoxy groups -OCH3 is 1. The summed E-state index contributed by atoms with van der Waals surface area (Å²) in [5, 5.41) is 0. The Labute approximate surface area is 189 Å². The first-order valence-electron chi connectivity index (χ1n) is 10.5. The maximum atomic E-state index is 13.6. The largest absolute Gasteiger partial charge is 0.495 e. The van der Waals surface area contributed by atoms with Crippen LogP contribution in [0.15, 0.2) is 41.4 Å². The molecule has 0 radical (unpaired) electrons. The lowest BCUT2D eigenvalue weighted by atomic mass is 10.2. The van der Waals surface area contributed by atoms with Gasteiger partial charge in [0.15, 0.2) is 0 Å². The highest BCUT2D eigenvalue weighted by Crippen LogP contribution is 2.30. The van der Waals surface area contributed by atoms with E-state index in [4.69, 9.17) is 4.74 Å². The molecule has 0 atom stereocenters. The van der Waals surface area contributed by atoms with E-state index >= 15 is 0 Å². The third-order valence-electron chi connectivity index (χ3n) is 5.06. The van der Waals surface area contributed by atoms with E-state index in [1.54, 1.807) is 24.3 Å². The third kappa shape index (κ3) is 4.68. The first-order valence-corrected chi connectivity index (χ1v) is 12.0. The molecule has 1 aliphatic rings. The van der Waals surface area contributed by atoms with E-state index in [2.05, 4.69) is 4.98 Å². The lowest BCUT2D eigenvalue weighted by molar-refractivity contribution is 0.0640. The number of amides is 2. The van der Waals surface area contributed by atoms with Gasteiger partial charge in [-0.2, -0.15) is 4.31 Å². The molecule has 0 aliphatic carbocycles. The number of imide groups is 1. The lowest BCUT2D eigenvalue weighted by Gasteiger charge is -2.26. The van der Waals surface area contributed by atoms with Crippen molar-refractivity contribution < 1.29 is 22.7 Å². The zero-order valence-corrected chi connectivity index (χ0v) is 19.8. The fraction of sp³-hybridized carbons (Fsp3) is 0.435. The van der Waals surface area contributed by atoms with Crippen molar-refractivity contribution in [1.29, 1.82) is 0 Å². The van der Waals surface area contributed by atoms with Crippen molar-refractivity contribution in [2.24, 2.45) is 11.8 Å². The van der Waals surface area contributed by atoms with Crippen LogP contribution in [0.2, 0.25) is 0 Å². The van der Waals surface area contributed by atoms with Crippen LogP contribution < -0.4 is 4.74 Å². The number of benzene rings is 1. The zero-order valence-electron chi connectivity index (χ0n) is 19.0. The summed E-state index contributed by atoms with van der Waals surface area (Å²) in [6.07, 6.45) is 1.46. The number of hydrogen-bond acceptors (Lipinski definition) is 6. The number of rotatable bonds is 9. The number of fused-ring (bicyclic) bond motifs is 1. The molecule has 2 amide bonds. The number of pyridine rings is 1. The van der Waals surface area contributed by atoms with E-state index in [9.17, 15) is 18.0 Å². The van der Waals surface area contributed by atoms with Gasteiger partial charge in [0.25, 0.3) is 11.8 Å². The molecule has 0 spiro atoms. The van der Waals surface area contributed by atoms with Gasteiger partial charge in [-0.1, -0.05) is 33.8 Å². The molecule has 8 nitrogen and oxygen atoms in total. The Bertz CT molecular complexity index is 1080. The third-order valence-corrected chi connectivity index (χ3v) is 6.91.